The molecule has 1 saturated carbocycles. The first kappa shape index (κ1) is 16.0. The minimum Gasteiger partial charge on any atom is -0.481 e. The van der Waals surface area contributed by atoms with Crippen molar-refractivity contribution in [1.82, 2.24) is 5.32 Å². The molecule has 0 spiro atoms. The molecule has 1 unspecified atom stereocenters. The standard InChI is InChI=1S/C14H25NO4/c1-3-5-11(12(16)17)10-15-13(18)14(6-4-7-14)8-9-19-2/h11H,3-10H2,1-2H3,(H,15,18)(H,16,17). The number of amides is 1. The first-order valence-corrected chi connectivity index (χ1v) is 7.06. The fraction of sp³-hybridized carbons (Fsp3) is 0.857. The molecule has 0 aliphatic heterocycles. The van der Waals surface area contributed by atoms with Gasteiger partial charge in [-0.2, -0.15) is 0 Å². The largest absolute Gasteiger partial charge is 0.481 e. The highest BCUT2D eigenvalue weighted by Crippen LogP contribution is 2.44. The molecule has 1 rings (SSSR count). The van der Waals surface area contributed by atoms with E-state index in [0.717, 1.165) is 32.1 Å². The van der Waals surface area contributed by atoms with Gasteiger partial charge in [0.25, 0.3) is 0 Å². The number of hydrogen-bond donors (Lipinski definition) is 2. The summed E-state index contributed by atoms with van der Waals surface area (Å²) in [5.74, 6) is -1.31. The molecule has 5 heteroatoms. The van der Waals surface area contributed by atoms with Gasteiger partial charge in [0, 0.05) is 20.3 Å². The van der Waals surface area contributed by atoms with Crippen molar-refractivity contribution in [2.45, 2.75) is 45.4 Å². The molecule has 1 aliphatic carbocycles. The van der Waals surface area contributed by atoms with Crippen LogP contribution < -0.4 is 5.32 Å². The summed E-state index contributed by atoms with van der Waals surface area (Å²) >= 11 is 0. The van der Waals surface area contributed by atoms with Gasteiger partial charge in [-0.15, -0.1) is 0 Å². The maximum Gasteiger partial charge on any atom is 0.308 e. The predicted molar refractivity (Wildman–Crippen MR) is 71.8 cm³/mol. The van der Waals surface area contributed by atoms with E-state index in [9.17, 15) is 9.59 Å². The molecule has 0 bridgehead atoms. The number of hydrogen-bond acceptors (Lipinski definition) is 3. The van der Waals surface area contributed by atoms with Crippen LogP contribution in [0.3, 0.4) is 0 Å². The van der Waals surface area contributed by atoms with Crippen LogP contribution in [-0.4, -0.2) is 37.2 Å². The summed E-state index contributed by atoms with van der Waals surface area (Å²) in [5, 5.41) is 11.9. The molecule has 1 fully saturated rings. The molecule has 0 radical (unpaired) electrons. The van der Waals surface area contributed by atoms with E-state index in [4.69, 9.17) is 9.84 Å². The van der Waals surface area contributed by atoms with Crippen LogP contribution in [0.25, 0.3) is 0 Å². The predicted octanol–water partition coefficient (Wildman–Crippen LogP) is 1.81. The van der Waals surface area contributed by atoms with E-state index in [1.165, 1.54) is 0 Å². The van der Waals surface area contributed by atoms with Crippen molar-refractivity contribution in [3.63, 3.8) is 0 Å². The van der Waals surface area contributed by atoms with Crippen molar-refractivity contribution in [2.24, 2.45) is 11.3 Å². The van der Waals surface area contributed by atoms with Crippen LogP contribution in [0.2, 0.25) is 0 Å². The van der Waals surface area contributed by atoms with Crippen LogP contribution in [0.1, 0.15) is 45.4 Å². The highest BCUT2D eigenvalue weighted by Gasteiger charge is 2.43. The fourth-order valence-electron chi connectivity index (χ4n) is 2.56. The summed E-state index contributed by atoms with van der Waals surface area (Å²) in [6, 6.07) is 0. The second-order valence-electron chi connectivity index (χ2n) is 5.41. The molecule has 2 N–H and O–H groups in total. The molecule has 5 nitrogen and oxygen atoms in total. The quantitative estimate of drug-likeness (QED) is 0.670. The second kappa shape index (κ2) is 7.48. The first-order valence-electron chi connectivity index (χ1n) is 7.06. The fourth-order valence-corrected chi connectivity index (χ4v) is 2.56. The minimum absolute atomic E-state index is 0.00171. The maximum atomic E-state index is 12.2. The van der Waals surface area contributed by atoms with E-state index in [-0.39, 0.29) is 17.9 Å². The molecule has 110 valence electrons. The van der Waals surface area contributed by atoms with E-state index in [2.05, 4.69) is 5.32 Å². The molecular weight excluding hydrogens is 246 g/mol. The monoisotopic (exact) mass is 271 g/mol. The highest BCUT2D eigenvalue weighted by atomic mass is 16.5. The van der Waals surface area contributed by atoms with Crippen molar-refractivity contribution < 1.29 is 19.4 Å². The minimum atomic E-state index is -0.832. The van der Waals surface area contributed by atoms with Gasteiger partial charge in [-0.3, -0.25) is 9.59 Å². The van der Waals surface area contributed by atoms with Crippen molar-refractivity contribution in [2.75, 3.05) is 20.3 Å². The Hall–Kier alpha value is -1.10. The molecule has 1 amide bonds. The summed E-state index contributed by atoms with van der Waals surface area (Å²) in [6.45, 7) is 2.76. The number of carboxylic acids is 1. The molecule has 0 saturated heterocycles. The Morgan fingerprint density at radius 1 is 1.42 bits per heavy atom. The molecule has 0 aromatic heterocycles. The van der Waals surface area contributed by atoms with Crippen LogP contribution in [0, 0.1) is 11.3 Å². The summed E-state index contributed by atoms with van der Waals surface area (Å²) in [6.07, 6.45) is 4.96. The van der Waals surface area contributed by atoms with Crippen molar-refractivity contribution in [3.05, 3.63) is 0 Å². The third kappa shape index (κ3) is 4.20. The normalized spacial score (nSPS) is 18.4. The summed E-state index contributed by atoms with van der Waals surface area (Å²) in [4.78, 5) is 23.3. The van der Waals surface area contributed by atoms with E-state index < -0.39 is 11.9 Å². The number of ether oxygens (including phenoxy) is 1. The zero-order chi connectivity index (χ0) is 14.3. The summed E-state index contributed by atoms with van der Waals surface area (Å²) in [5.41, 5.74) is -0.314. The molecule has 0 heterocycles. The number of rotatable bonds is 9. The van der Waals surface area contributed by atoms with Crippen LogP contribution in [-0.2, 0) is 14.3 Å². The number of carbonyl (C=O) groups is 2. The second-order valence-corrected chi connectivity index (χ2v) is 5.41. The van der Waals surface area contributed by atoms with Gasteiger partial charge in [0.15, 0.2) is 0 Å². The van der Waals surface area contributed by atoms with Gasteiger partial charge in [0.2, 0.25) is 5.91 Å². The molecule has 1 aliphatic rings. The third-order valence-corrected chi connectivity index (χ3v) is 4.07. The molecule has 1 atom stereocenters. The topological polar surface area (TPSA) is 75.6 Å². The average Bonchev–Trinajstić information content (AvgIpc) is 2.32. The van der Waals surface area contributed by atoms with Crippen LogP contribution in [0.15, 0.2) is 0 Å². The first-order chi connectivity index (χ1) is 9.05. The van der Waals surface area contributed by atoms with Crippen LogP contribution in [0.5, 0.6) is 0 Å². The van der Waals surface area contributed by atoms with E-state index >= 15 is 0 Å². The van der Waals surface area contributed by atoms with Gasteiger partial charge in [-0.25, -0.2) is 0 Å². The van der Waals surface area contributed by atoms with E-state index in [1.54, 1.807) is 7.11 Å². The number of nitrogens with one attached hydrogen (secondary N) is 1. The van der Waals surface area contributed by atoms with Gasteiger partial charge >= 0.3 is 5.97 Å². The maximum absolute atomic E-state index is 12.2. The Morgan fingerprint density at radius 2 is 2.11 bits per heavy atom. The number of aliphatic carboxylic acids is 1. The Morgan fingerprint density at radius 3 is 2.53 bits per heavy atom. The zero-order valence-corrected chi connectivity index (χ0v) is 11.9. The molecule has 0 aromatic rings. The lowest BCUT2D eigenvalue weighted by Crippen LogP contribution is -2.48. The summed E-state index contributed by atoms with van der Waals surface area (Å²) in [7, 11) is 1.63. The molecule has 0 aromatic carbocycles. The Labute approximate surface area is 114 Å². The lowest BCUT2D eigenvalue weighted by molar-refractivity contribution is -0.143. The lowest BCUT2D eigenvalue weighted by Gasteiger charge is -2.40. The Bertz CT molecular complexity index is 313. The molecular formula is C14H25NO4. The van der Waals surface area contributed by atoms with E-state index in [1.807, 2.05) is 6.92 Å². The van der Waals surface area contributed by atoms with Crippen molar-refractivity contribution in [3.8, 4) is 0 Å². The number of carbonyl (C=O) groups excluding carboxylic acids is 1. The van der Waals surface area contributed by atoms with Crippen LogP contribution in [0.4, 0.5) is 0 Å². The smallest absolute Gasteiger partial charge is 0.308 e. The lowest BCUT2D eigenvalue weighted by atomic mass is 9.66. The van der Waals surface area contributed by atoms with Crippen molar-refractivity contribution in [1.29, 1.82) is 0 Å². The SMILES string of the molecule is CCCC(CNC(=O)C1(CCOC)CCC1)C(=O)O. The van der Waals surface area contributed by atoms with Gasteiger partial charge in [-0.05, 0) is 25.7 Å². The van der Waals surface area contributed by atoms with E-state index in [0.29, 0.717) is 13.0 Å². The summed E-state index contributed by atoms with van der Waals surface area (Å²) < 4.78 is 5.05. The van der Waals surface area contributed by atoms with Gasteiger partial charge in [-0.1, -0.05) is 19.8 Å². The Kier molecular flexibility index (Phi) is 6.28. The van der Waals surface area contributed by atoms with Gasteiger partial charge in [0.1, 0.15) is 0 Å². The molecule has 19 heavy (non-hydrogen) atoms. The number of methoxy groups -OCH3 is 1. The van der Waals surface area contributed by atoms with Gasteiger partial charge in [0.05, 0.1) is 11.3 Å². The zero-order valence-electron chi connectivity index (χ0n) is 11.9. The Balaban J connectivity index is 2.46. The highest BCUT2D eigenvalue weighted by molar-refractivity contribution is 5.84. The third-order valence-electron chi connectivity index (χ3n) is 4.07. The van der Waals surface area contributed by atoms with Crippen LogP contribution >= 0.6 is 0 Å². The van der Waals surface area contributed by atoms with Gasteiger partial charge < -0.3 is 15.2 Å². The average molecular weight is 271 g/mol. The van der Waals surface area contributed by atoms with Crippen molar-refractivity contribution >= 4 is 11.9 Å². The number of carboxylic acid groups (broad SMARTS) is 1.